The zero-order valence-corrected chi connectivity index (χ0v) is 19.0. The molecule has 7 nitrogen and oxygen atoms in total. The van der Waals surface area contributed by atoms with E-state index in [2.05, 4.69) is 52.9 Å². The average molecular weight is 476 g/mol. The van der Waals surface area contributed by atoms with Crippen LogP contribution in [0, 0.1) is 0 Å². The third-order valence-corrected chi connectivity index (χ3v) is 4.72. The molecule has 1 unspecified atom stereocenters. The number of hydrazine groups is 1. The molecule has 0 saturated carbocycles. The van der Waals surface area contributed by atoms with Crippen molar-refractivity contribution in [1.82, 2.24) is 16.2 Å². The van der Waals surface area contributed by atoms with Crippen molar-refractivity contribution in [3.8, 4) is 5.75 Å². The van der Waals surface area contributed by atoms with Crippen LogP contribution in [0.1, 0.15) is 43.6 Å². The number of hydrogen-bond acceptors (Lipinski definition) is 4. The van der Waals surface area contributed by atoms with Gasteiger partial charge in [0.05, 0.1) is 6.54 Å². The van der Waals surface area contributed by atoms with Gasteiger partial charge in [0.1, 0.15) is 5.75 Å². The van der Waals surface area contributed by atoms with Crippen molar-refractivity contribution in [1.29, 1.82) is 0 Å². The molecular formula is C22H26BrN3O4. The van der Waals surface area contributed by atoms with Gasteiger partial charge >= 0.3 is 0 Å². The van der Waals surface area contributed by atoms with E-state index in [0.717, 1.165) is 10.0 Å². The molecule has 0 aliphatic heterocycles. The maximum atomic E-state index is 12.2. The third kappa shape index (κ3) is 7.18. The van der Waals surface area contributed by atoms with Gasteiger partial charge in [-0.15, -0.1) is 0 Å². The highest BCUT2D eigenvalue weighted by molar-refractivity contribution is 9.10. The number of halogens is 1. The van der Waals surface area contributed by atoms with Gasteiger partial charge in [0, 0.05) is 10.0 Å². The third-order valence-electron chi connectivity index (χ3n) is 4.23. The largest absolute Gasteiger partial charge is 0.481 e. The Morgan fingerprint density at radius 1 is 1.03 bits per heavy atom. The molecule has 3 amide bonds. The maximum absolute atomic E-state index is 12.2. The lowest BCUT2D eigenvalue weighted by Crippen LogP contribution is -2.50. The standard InChI is InChI=1S/C22H26BrN3O4/c1-14(30-18-7-5-6-17(23)12-18)20(28)26-25-19(27)13-24-21(29)15-8-10-16(11-9-15)22(2,3)4/h5-12,14H,13H2,1-4H3,(H,24,29)(H,25,27)(H,26,28). The molecule has 0 bridgehead atoms. The summed E-state index contributed by atoms with van der Waals surface area (Å²) in [5.74, 6) is -0.934. The highest BCUT2D eigenvalue weighted by atomic mass is 79.9. The fourth-order valence-corrected chi connectivity index (χ4v) is 2.84. The number of hydrogen-bond donors (Lipinski definition) is 3. The van der Waals surface area contributed by atoms with Crippen molar-refractivity contribution in [2.24, 2.45) is 0 Å². The Morgan fingerprint density at radius 3 is 2.30 bits per heavy atom. The first kappa shape index (κ1) is 23.4. The molecule has 30 heavy (non-hydrogen) atoms. The van der Waals surface area contributed by atoms with E-state index in [1.807, 2.05) is 18.2 Å². The van der Waals surface area contributed by atoms with Gasteiger partial charge in [0.2, 0.25) is 0 Å². The summed E-state index contributed by atoms with van der Waals surface area (Å²) in [7, 11) is 0. The summed E-state index contributed by atoms with van der Waals surface area (Å²) < 4.78 is 6.34. The molecule has 0 aromatic heterocycles. The molecule has 0 saturated heterocycles. The molecule has 0 aliphatic carbocycles. The molecule has 8 heteroatoms. The predicted octanol–water partition coefficient (Wildman–Crippen LogP) is 3.09. The van der Waals surface area contributed by atoms with Crippen LogP contribution in [0.5, 0.6) is 5.75 Å². The lowest BCUT2D eigenvalue weighted by Gasteiger charge is -2.19. The Labute approximate surface area is 184 Å². The second-order valence-corrected chi connectivity index (χ2v) is 8.68. The summed E-state index contributed by atoms with van der Waals surface area (Å²) in [6.07, 6.45) is -0.824. The van der Waals surface area contributed by atoms with E-state index in [9.17, 15) is 14.4 Å². The van der Waals surface area contributed by atoms with Crippen LogP contribution < -0.4 is 20.9 Å². The Bertz CT molecular complexity index is 907. The van der Waals surface area contributed by atoms with Crippen LogP contribution in [-0.4, -0.2) is 30.4 Å². The first-order chi connectivity index (χ1) is 14.1. The van der Waals surface area contributed by atoms with Gasteiger partial charge in [0.15, 0.2) is 6.10 Å². The first-order valence-corrected chi connectivity index (χ1v) is 10.3. The van der Waals surface area contributed by atoms with Gasteiger partial charge in [-0.05, 0) is 48.2 Å². The van der Waals surface area contributed by atoms with E-state index in [1.165, 1.54) is 0 Å². The van der Waals surface area contributed by atoms with Crippen molar-refractivity contribution in [3.63, 3.8) is 0 Å². The number of benzene rings is 2. The summed E-state index contributed by atoms with van der Waals surface area (Å²) in [4.78, 5) is 36.2. The highest BCUT2D eigenvalue weighted by Gasteiger charge is 2.17. The van der Waals surface area contributed by atoms with Gasteiger partial charge < -0.3 is 10.1 Å². The minimum Gasteiger partial charge on any atom is -0.481 e. The fourth-order valence-electron chi connectivity index (χ4n) is 2.46. The number of amides is 3. The van der Waals surface area contributed by atoms with Gasteiger partial charge in [-0.2, -0.15) is 0 Å². The second kappa shape index (κ2) is 10.2. The van der Waals surface area contributed by atoms with Crippen LogP contribution in [-0.2, 0) is 15.0 Å². The molecule has 0 heterocycles. The van der Waals surface area contributed by atoms with E-state index < -0.39 is 17.9 Å². The summed E-state index contributed by atoms with van der Waals surface area (Å²) in [5, 5.41) is 2.52. The number of carbonyl (C=O) groups excluding carboxylic acids is 3. The molecule has 0 spiro atoms. The minimum absolute atomic E-state index is 0.00897. The molecule has 1 atom stereocenters. The molecule has 160 valence electrons. The summed E-state index contributed by atoms with van der Waals surface area (Å²) in [6.45, 7) is 7.55. The van der Waals surface area contributed by atoms with E-state index in [4.69, 9.17) is 4.74 Å². The van der Waals surface area contributed by atoms with Gasteiger partial charge in [-0.1, -0.05) is 54.9 Å². The van der Waals surface area contributed by atoms with Crippen molar-refractivity contribution < 1.29 is 19.1 Å². The molecule has 0 radical (unpaired) electrons. The molecule has 2 aromatic rings. The zero-order valence-electron chi connectivity index (χ0n) is 17.4. The molecule has 2 aromatic carbocycles. The monoisotopic (exact) mass is 475 g/mol. The first-order valence-electron chi connectivity index (χ1n) is 9.46. The Hall–Kier alpha value is -2.87. The summed E-state index contributed by atoms with van der Waals surface area (Å²) >= 11 is 3.32. The van der Waals surface area contributed by atoms with Crippen molar-refractivity contribution in [3.05, 3.63) is 64.1 Å². The van der Waals surface area contributed by atoms with E-state index in [1.54, 1.807) is 37.3 Å². The van der Waals surface area contributed by atoms with Crippen LogP contribution in [0.15, 0.2) is 53.0 Å². The Morgan fingerprint density at radius 2 is 1.70 bits per heavy atom. The van der Waals surface area contributed by atoms with Gasteiger partial charge in [-0.3, -0.25) is 25.2 Å². The normalized spacial score (nSPS) is 11.9. The van der Waals surface area contributed by atoms with Crippen molar-refractivity contribution in [2.45, 2.75) is 39.2 Å². The average Bonchev–Trinajstić information content (AvgIpc) is 2.69. The topological polar surface area (TPSA) is 96.5 Å². The fraction of sp³-hybridized carbons (Fsp3) is 0.318. The highest BCUT2D eigenvalue weighted by Crippen LogP contribution is 2.22. The lowest BCUT2D eigenvalue weighted by molar-refractivity contribution is -0.132. The summed E-state index contributed by atoms with van der Waals surface area (Å²) in [6, 6.07) is 14.3. The number of carbonyl (C=O) groups is 3. The molecule has 3 N–H and O–H groups in total. The quantitative estimate of drug-likeness (QED) is 0.559. The molecule has 2 rings (SSSR count). The van der Waals surface area contributed by atoms with E-state index in [0.29, 0.717) is 11.3 Å². The number of ether oxygens (including phenoxy) is 1. The smallest absolute Gasteiger partial charge is 0.279 e. The van der Waals surface area contributed by atoms with E-state index in [-0.39, 0.29) is 17.9 Å². The molecular weight excluding hydrogens is 450 g/mol. The van der Waals surface area contributed by atoms with Crippen LogP contribution in [0.4, 0.5) is 0 Å². The number of rotatable bonds is 6. The Kier molecular flexibility index (Phi) is 8.00. The van der Waals surface area contributed by atoms with Crippen molar-refractivity contribution in [2.75, 3.05) is 6.54 Å². The van der Waals surface area contributed by atoms with Crippen LogP contribution in [0.25, 0.3) is 0 Å². The SMILES string of the molecule is CC(Oc1cccc(Br)c1)C(=O)NNC(=O)CNC(=O)c1ccc(C(C)(C)C)cc1. The maximum Gasteiger partial charge on any atom is 0.279 e. The number of nitrogens with one attached hydrogen (secondary N) is 3. The van der Waals surface area contributed by atoms with Crippen LogP contribution in [0.3, 0.4) is 0 Å². The predicted molar refractivity (Wildman–Crippen MR) is 118 cm³/mol. The van der Waals surface area contributed by atoms with Gasteiger partial charge in [0.25, 0.3) is 17.7 Å². The van der Waals surface area contributed by atoms with Crippen LogP contribution >= 0.6 is 15.9 Å². The van der Waals surface area contributed by atoms with Crippen molar-refractivity contribution >= 4 is 33.7 Å². The van der Waals surface area contributed by atoms with Gasteiger partial charge in [-0.25, -0.2) is 0 Å². The zero-order chi connectivity index (χ0) is 22.3. The Balaban J connectivity index is 1.76. The van der Waals surface area contributed by atoms with E-state index >= 15 is 0 Å². The molecule has 0 aliphatic rings. The summed E-state index contributed by atoms with van der Waals surface area (Å²) in [5.41, 5.74) is 6.09. The minimum atomic E-state index is -0.824. The lowest BCUT2D eigenvalue weighted by atomic mass is 9.87. The second-order valence-electron chi connectivity index (χ2n) is 7.76. The van der Waals surface area contributed by atoms with Crippen LogP contribution in [0.2, 0.25) is 0 Å². The molecule has 0 fully saturated rings.